The smallest absolute Gasteiger partial charge is 0.243 e. The van der Waals surface area contributed by atoms with Gasteiger partial charge in [-0.3, -0.25) is 9.59 Å². The van der Waals surface area contributed by atoms with Crippen molar-refractivity contribution in [2.45, 2.75) is 69.0 Å². The van der Waals surface area contributed by atoms with Gasteiger partial charge in [-0.2, -0.15) is 0 Å². The third kappa shape index (κ3) is 8.11. The first kappa shape index (κ1) is 27.3. The Kier molecular flexibility index (Phi) is 10.1. The SMILES string of the molecule is Cc1ccccc1CN(C(=O)CCSc1ccc(Cl)cc1)C(Cc1ccccc1)C(=O)NC1CCCC1. The summed E-state index contributed by atoms with van der Waals surface area (Å²) >= 11 is 7.64. The van der Waals surface area contributed by atoms with E-state index in [-0.39, 0.29) is 17.9 Å². The Bertz CT molecular complexity index is 1160. The fourth-order valence-corrected chi connectivity index (χ4v) is 5.79. The monoisotopic (exact) mass is 534 g/mol. The summed E-state index contributed by atoms with van der Waals surface area (Å²) in [5.41, 5.74) is 3.23. The second-order valence-electron chi connectivity index (χ2n) is 9.70. The van der Waals surface area contributed by atoms with E-state index in [1.165, 1.54) is 0 Å². The average Bonchev–Trinajstić information content (AvgIpc) is 3.42. The van der Waals surface area contributed by atoms with Gasteiger partial charge in [-0.15, -0.1) is 11.8 Å². The molecule has 1 fully saturated rings. The Morgan fingerprint density at radius 3 is 2.35 bits per heavy atom. The number of aryl methyl sites for hydroxylation is 1. The highest BCUT2D eigenvalue weighted by Crippen LogP contribution is 2.24. The minimum absolute atomic E-state index is 0.00720. The van der Waals surface area contributed by atoms with Crippen LogP contribution in [0.2, 0.25) is 5.02 Å². The van der Waals surface area contributed by atoms with E-state index in [1.807, 2.05) is 77.7 Å². The lowest BCUT2D eigenvalue weighted by Gasteiger charge is -2.33. The third-order valence-electron chi connectivity index (χ3n) is 6.97. The second-order valence-corrected chi connectivity index (χ2v) is 11.3. The van der Waals surface area contributed by atoms with Gasteiger partial charge in [0.25, 0.3) is 0 Å². The number of nitrogens with one attached hydrogen (secondary N) is 1. The second kappa shape index (κ2) is 13.7. The van der Waals surface area contributed by atoms with Gasteiger partial charge < -0.3 is 10.2 Å². The topological polar surface area (TPSA) is 49.4 Å². The maximum absolute atomic E-state index is 13.8. The number of rotatable bonds is 11. The van der Waals surface area contributed by atoms with Crippen LogP contribution in [0.4, 0.5) is 0 Å². The zero-order valence-electron chi connectivity index (χ0n) is 21.4. The highest BCUT2D eigenvalue weighted by Gasteiger charge is 2.32. The summed E-state index contributed by atoms with van der Waals surface area (Å²) in [5, 5.41) is 3.97. The lowest BCUT2D eigenvalue weighted by molar-refractivity contribution is -0.141. The van der Waals surface area contributed by atoms with E-state index < -0.39 is 6.04 Å². The van der Waals surface area contributed by atoms with Crippen molar-refractivity contribution < 1.29 is 9.59 Å². The predicted octanol–water partition coefficient (Wildman–Crippen LogP) is 6.83. The van der Waals surface area contributed by atoms with Crippen LogP contribution in [0.5, 0.6) is 0 Å². The first-order valence-electron chi connectivity index (χ1n) is 13.1. The van der Waals surface area contributed by atoms with Crippen LogP contribution in [-0.4, -0.2) is 34.6 Å². The van der Waals surface area contributed by atoms with E-state index >= 15 is 0 Å². The Labute approximate surface area is 229 Å². The summed E-state index contributed by atoms with van der Waals surface area (Å²) in [5.74, 6) is 0.572. The van der Waals surface area contributed by atoms with Crippen molar-refractivity contribution in [1.82, 2.24) is 10.2 Å². The fourth-order valence-electron chi connectivity index (χ4n) is 4.82. The van der Waals surface area contributed by atoms with Crippen LogP contribution in [0, 0.1) is 6.92 Å². The highest BCUT2D eigenvalue weighted by molar-refractivity contribution is 7.99. The predicted molar refractivity (Wildman–Crippen MR) is 153 cm³/mol. The number of benzene rings is 3. The van der Waals surface area contributed by atoms with Gasteiger partial charge in [-0.25, -0.2) is 0 Å². The molecule has 1 aliphatic carbocycles. The van der Waals surface area contributed by atoms with Crippen LogP contribution < -0.4 is 5.32 Å². The molecule has 4 nitrogen and oxygen atoms in total. The molecular weight excluding hydrogens is 500 g/mol. The van der Waals surface area contributed by atoms with Crippen LogP contribution in [0.3, 0.4) is 0 Å². The lowest BCUT2D eigenvalue weighted by Crippen LogP contribution is -2.52. The molecule has 3 aromatic rings. The molecule has 0 aliphatic heterocycles. The molecule has 0 heterocycles. The molecule has 4 rings (SSSR count). The molecule has 2 amide bonds. The molecule has 1 atom stereocenters. The molecule has 0 spiro atoms. The number of carbonyl (C=O) groups is 2. The molecule has 194 valence electrons. The molecule has 3 aromatic carbocycles. The summed E-state index contributed by atoms with van der Waals surface area (Å²) in [6.45, 7) is 2.46. The Hall–Kier alpha value is -2.76. The first-order valence-corrected chi connectivity index (χ1v) is 14.4. The molecular formula is C31H35ClN2O2S. The maximum Gasteiger partial charge on any atom is 0.243 e. The Morgan fingerprint density at radius 1 is 0.973 bits per heavy atom. The van der Waals surface area contributed by atoms with Gasteiger partial charge in [0.1, 0.15) is 6.04 Å². The van der Waals surface area contributed by atoms with E-state index in [9.17, 15) is 9.59 Å². The zero-order chi connectivity index (χ0) is 26.0. The summed E-state index contributed by atoms with van der Waals surface area (Å²) in [7, 11) is 0. The van der Waals surface area contributed by atoms with Gasteiger partial charge in [-0.05, 0) is 60.7 Å². The summed E-state index contributed by atoms with van der Waals surface area (Å²) in [4.78, 5) is 30.4. The summed E-state index contributed by atoms with van der Waals surface area (Å²) < 4.78 is 0. The molecule has 1 unspecified atom stereocenters. The number of hydrogen-bond donors (Lipinski definition) is 1. The van der Waals surface area contributed by atoms with Gasteiger partial charge in [0.05, 0.1) is 0 Å². The van der Waals surface area contributed by atoms with Gasteiger partial charge in [0.15, 0.2) is 0 Å². The normalized spacial score (nSPS) is 14.3. The lowest BCUT2D eigenvalue weighted by atomic mass is 10.0. The molecule has 1 saturated carbocycles. The number of amides is 2. The third-order valence-corrected chi connectivity index (χ3v) is 8.24. The van der Waals surface area contributed by atoms with Gasteiger partial charge in [0, 0.05) is 41.1 Å². The highest BCUT2D eigenvalue weighted by atomic mass is 35.5. The molecule has 0 saturated heterocycles. The van der Waals surface area contributed by atoms with E-state index in [0.29, 0.717) is 30.2 Å². The van der Waals surface area contributed by atoms with Crippen molar-refractivity contribution in [2.24, 2.45) is 0 Å². The molecule has 1 N–H and O–H groups in total. The van der Waals surface area contributed by atoms with Crippen molar-refractivity contribution in [2.75, 3.05) is 5.75 Å². The van der Waals surface area contributed by atoms with E-state index in [2.05, 4.69) is 18.3 Å². The molecule has 0 radical (unpaired) electrons. The van der Waals surface area contributed by atoms with Crippen LogP contribution in [0.25, 0.3) is 0 Å². The van der Waals surface area contributed by atoms with Gasteiger partial charge in [0.2, 0.25) is 11.8 Å². The van der Waals surface area contributed by atoms with Crippen molar-refractivity contribution in [3.8, 4) is 0 Å². The van der Waals surface area contributed by atoms with Crippen molar-refractivity contribution >= 4 is 35.2 Å². The zero-order valence-corrected chi connectivity index (χ0v) is 22.9. The molecule has 6 heteroatoms. The largest absolute Gasteiger partial charge is 0.352 e. The van der Waals surface area contributed by atoms with Crippen LogP contribution in [0.1, 0.15) is 48.8 Å². The quantitative estimate of drug-likeness (QED) is 0.274. The first-order chi connectivity index (χ1) is 18.0. The molecule has 0 aromatic heterocycles. The van der Waals surface area contributed by atoms with E-state index in [1.54, 1.807) is 11.8 Å². The fraction of sp³-hybridized carbons (Fsp3) is 0.355. The molecule has 0 bridgehead atoms. The standard InChI is InChI=1S/C31H35ClN2O2S/c1-23-9-5-6-12-25(23)22-34(30(35)19-20-37-28-17-15-26(32)16-18-28)29(21-24-10-3-2-4-11-24)31(36)33-27-13-7-8-14-27/h2-6,9-12,15-18,27,29H,7-8,13-14,19-22H2,1H3,(H,33,36). The Balaban J connectivity index is 1.56. The minimum Gasteiger partial charge on any atom is -0.352 e. The number of thioether (sulfide) groups is 1. The number of halogens is 1. The number of carbonyl (C=O) groups excluding carboxylic acids is 2. The van der Waals surface area contributed by atoms with Crippen LogP contribution in [-0.2, 0) is 22.6 Å². The number of hydrogen-bond acceptors (Lipinski definition) is 3. The maximum atomic E-state index is 13.8. The number of nitrogens with zero attached hydrogens (tertiary/aromatic N) is 1. The minimum atomic E-state index is -0.573. The van der Waals surface area contributed by atoms with Crippen molar-refractivity contribution in [1.29, 1.82) is 0 Å². The average molecular weight is 535 g/mol. The summed E-state index contributed by atoms with van der Waals surface area (Å²) in [6.07, 6.45) is 5.13. The van der Waals surface area contributed by atoms with E-state index in [4.69, 9.17) is 11.6 Å². The Morgan fingerprint density at radius 2 is 1.65 bits per heavy atom. The molecule has 37 heavy (non-hydrogen) atoms. The van der Waals surface area contributed by atoms with Crippen LogP contribution >= 0.6 is 23.4 Å². The summed E-state index contributed by atoms with van der Waals surface area (Å²) in [6, 6.07) is 25.4. The van der Waals surface area contributed by atoms with Gasteiger partial charge in [-0.1, -0.05) is 79.0 Å². The molecule has 1 aliphatic rings. The van der Waals surface area contributed by atoms with Crippen molar-refractivity contribution in [3.63, 3.8) is 0 Å². The van der Waals surface area contributed by atoms with E-state index in [0.717, 1.165) is 47.3 Å². The van der Waals surface area contributed by atoms with Gasteiger partial charge >= 0.3 is 0 Å². The van der Waals surface area contributed by atoms with Crippen molar-refractivity contribution in [3.05, 3.63) is 101 Å². The van der Waals surface area contributed by atoms with Crippen LogP contribution in [0.15, 0.2) is 83.8 Å².